The van der Waals surface area contributed by atoms with E-state index in [4.69, 9.17) is 0 Å². The first-order valence-electron chi connectivity index (χ1n) is 6.38. The van der Waals surface area contributed by atoms with E-state index < -0.39 is 4.92 Å². The fraction of sp³-hybridized carbons (Fsp3) is 0.133. The number of carbonyl (C=O) groups is 1. The Morgan fingerprint density at radius 2 is 1.90 bits per heavy atom. The molecule has 6 heteroatoms. The maximum Gasteiger partial charge on any atom is 0.269 e. The van der Waals surface area contributed by atoms with E-state index in [1.165, 1.54) is 24.4 Å². The van der Waals surface area contributed by atoms with E-state index >= 15 is 0 Å². The summed E-state index contributed by atoms with van der Waals surface area (Å²) < 4.78 is 0. The largest absolute Gasteiger partial charge is 0.287 e. The smallest absolute Gasteiger partial charge is 0.269 e. The molecule has 0 aliphatic carbocycles. The van der Waals surface area contributed by atoms with Crippen LogP contribution in [0.5, 0.6) is 0 Å². The number of benzene rings is 1. The number of carbonyl (C=O) groups excluding carboxylic acids is 1. The fourth-order valence-corrected chi connectivity index (χ4v) is 1.79. The van der Waals surface area contributed by atoms with E-state index in [1.807, 2.05) is 6.92 Å². The first kappa shape index (κ1) is 14.5. The van der Waals surface area contributed by atoms with Crippen LogP contribution in [0, 0.1) is 10.1 Å². The number of aromatic nitrogens is 2. The zero-order valence-corrected chi connectivity index (χ0v) is 11.4. The molecule has 0 aliphatic heterocycles. The topological polar surface area (TPSA) is 86.0 Å². The summed E-state index contributed by atoms with van der Waals surface area (Å²) in [4.78, 5) is 30.3. The van der Waals surface area contributed by atoms with Crippen molar-refractivity contribution in [1.82, 2.24) is 9.97 Å². The molecular weight excluding hydrogens is 270 g/mol. The monoisotopic (exact) mass is 283 g/mol. The molecule has 0 bridgehead atoms. The normalized spacial score (nSPS) is 10.7. The molecule has 0 spiro atoms. The number of hydrogen-bond donors (Lipinski definition) is 0. The molecular formula is C15H13N3O3. The van der Waals surface area contributed by atoms with E-state index in [1.54, 1.807) is 24.4 Å². The Kier molecular flexibility index (Phi) is 4.50. The van der Waals surface area contributed by atoms with Crippen LogP contribution in [0.25, 0.3) is 6.08 Å². The van der Waals surface area contributed by atoms with E-state index in [2.05, 4.69) is 9.97 Å². The molecule has 0 radical (unpaired) electrons. The molecule has 0 atom stereocenters. The van der Waals surface area contributed by atoms with Crippen LogP contribution < -0.4 is 0 Å². The van der Waals surface area contributed by atoms with Crippen molar-refractivity contribution >= 4 is 17.5 Å². The van der Waals surface area contributed by atoms with E-state index in [0.717, 1.165) is 0 Å². The number of rotatable bonds is 5. The second-order valence-corrected chi connectivity index (χ2v) is 4.25. The molecule has 1 aromatic heterocycles. The van der Waals surface area contributed by atoms with Crippen LogP contribution in [0.3, 0.4) is 0 Å². The third kappa shape index (κ3) is 3.56. The summed E-state index contributed by atoms with van der Waals surface area (Å²) in [5, 5.41) is 10.6. The summed E-state index contributed by atoms with van der Waals surface area (Å²) in [6.45, 7) is 1.90. The first-order chi connectivity index (χ1) is 10.1. The molecule has 106 valence electrons. The van der Waals surface area contributed by atoms with Gasteiger partial charge in [-0.05, 0) is 30.2 Å². The summed E-state index contributed by atoms with van der Waals surface area (Å²) in [7, 11) is 0. The molecule has 21 heavy (non-hydrogen) atoms. The third-order valence-corrected chi connectivity index (χ3v) is 2.87. The van der Waals surface area contributed by atoms with Crippen molar-refractivity contribution in [2.75, 3.05) is 0 Å². The van der Waals surface area contributed by atoms with Gasteiger partial charge in [-0.15, -0.1) is 0 Å². The summed E-state index contributed by atoms with van der Waals surface area (Å²) in [6.07, 6.45) is 6.65. The van der Waals surface area contributed by atoms with Crippen molar-refractivity contribution in [1.29, 1.82) is 0 Å². The Morgan fingerprint density at radius 3 is 2.52 bits per heavy atom. The van der Waals surface area contributed by atoms with Crippen LogP contribution in [-0.4, -0.2) is 20.7 Å². The highest BCUT2D eigenvalue weighted by Gasteiger charge is 2.09. The van der Waals surface area contributed by atoms with Crippen molar-refractivity contribution in [2.45, 2.75) is 13.3 Å². The quantitative estimate of drug-likeness (QED) is 0.364. The lowest BCUT2D eigenvalue weighted by Gasteiger charge is -2.01. The van der Waals surface area contributed by atoms with Gasteiger partial charge in [-0.25, -0.2) is 4.98 Å². The summed E-state index contributed by atoms with van der Waals surface area (Å²) in [5.74, 6) is -0.238. The van der Waals surface area contributed by atoms with Crippen molar-refractivity contribution in [3.8, 4) is 0 Å². The van der Waals surface area contributed by atoms with Gasteiger partial charge in [0.2, 0.25) is 5.78 Å². The Morgan fingerprint density at radius 1 is 1.24 bits per heavy atom. The van der Waals surface area contributed by atoms with Gasteiger partial charge in [-0.2, -0.15) is 0 Å². The summed E-state index contributed by atoms with van der Waals surface area (Å²) >= 11 is 0. The predicted molar refractivity (Wildman–Crippen MR) is 77.9 cm³/mol. The van der Waals surface area contributed by atoms with Crippen LogP contribution in [0.1, 0.15) is 28.7 Å². The van der Waals surface area contributed by atoms with Crippen LogP contribution in [0.2, 0.25) is 0 Å². The standard InChI is InChI=1S/C15H13N3O3/c1-2-13-15(17-10-9-16-13)14(19)8-5-11-3-6-12(7-4-11)18(20)21/h3-10H,2H2,1H3/b8-5+. The molecule has 2 rings (SSSR count). The van der Waals surface area contributed by atoms with Crippen molar-refractivity contribution in [3.05, 3.63) is 69.8 Å². The van der Waals surface area contributed by atoms with Gasteiger partial charge in [0.05, 0.1) is 10.6 Å². The average Bonchev–Trinajstić information content (AvgIpc) is 2.52. The predicted octanol–water partition coefficient (Wildman–Crippen LogP) is 2.84. The molecule has 0 unspecified atom stereocenters. The van der Waals surface area contributed by atoms with Gasteiger partial charge >= 0.3 is 0 Å². The number of aryl methyl sites for hydroxylation is 1. The highest BCUT2D eigenvalue weighted by molar-refractivity contribution is 6.06. The van der Waals surface area contributed by atoms with Crippen LogP contribution >= 0.6 is 0 Å². The molecule has 1 heterocycles. The molecule has 0 amide bonds. The van der Waals surface area contributed by atoms with E-state index in [9.17, 15) is 14.9 Å². The Bertz CT molecular complexity index is 694. The molecule has 0 aliphatic rings. The highest BCUT2D eigenvalue weighted by atomic mass is 16.6. The van der Waals surface area contributed by atoms with Gasteiger partial charge in [0.25, 0.3) is 5.69 Å². The highest BCUT2D eigenvalue weighted by Crippen LogP contribution is 2.13. The van der Waals surface area contributed by atoms with Gasteiger partial charge in [0.15, 0.2) is 0 Å². The van der Waals surface area contributed by atoms with Crippen LogP contribution in [-0.2, 0) is 6.42 Å². The zero-order chi connectivity index (χ0) is 15.2. The number of nitro benzene ring substituents is 1. The van der Waals surface area contributed by atoms with E-state index in [-0.39, 0.29) is 11.5 Å². The number of allylic oxidation sites excluding steroid dienone is 1. The average molecular weight is 283 g/mol. The van der Waals surface area contributed by atoms with Crippen LogP contribution in [0.15, 0.2) is 42.7 Å². The Labute approximate surface area is 121 Å². The molecule has 0 saturated carbocycles. The fourth-order valence-electron chi connectivity index (χ4n) is 1.79. The molecule has 0 fully saturated rings. The lowest BCUT2D eigenvalue weighted by molar-refractivity contribution is -0.384. The maximum atomic E-state index is 12.1. The third-order valence-electron chi connectivity index (χ3n) is 2.87. The maximum absolute atomic E-state index is 12.1. The molecule has 6 nitrogen and oxygen atoms in total. The Hall–Kier alpha value is -2.89. The van der Waals surface area contributed by atoms with Gasteiger partial charge in [-0.3, -0.25) is 19.9 Å². The minimum Gasteiger partial charge on any atom is -0.287 e. The van der Waals surface area contributed by atoms with Crippen LogP contribution in [0.4, 0.5) is 5.69 Å². The number of hydrogen-bond acceptors (Lipinski definition) is 5. The van der Waals surface area contributed by atoms with Gasteiger partial charge < -0.3 is 0 Å². The second kappa shape index (κ2) is 6.51. The van der Waals surface area contributed by atoms with Crippen molar-refractivity contribution in [2.24, 2.45) is 0 Å². The van der Waals surface area contributed by atoms with E-state index in [0.29, 0.717) is 23.4 Å². The summed E-state index contributed by atoms with van der Waals surface area (Å²) in [5.41, 5.74) is 1.70. The summed E-state index contributed by atoms with van der Waals surface area (Å²) in [6, 6.07) is 5.95. The van der Waals surface area contributed by atoms with Crippen molar-refractivity contribution < 1.29 is 9.72 Å². The van der Waals surface area contributed by atoms with Gasteiger partial charge in [0.1, 0.15) is 5.69 Å². The zero-order valence-electron chi connectivity index (χ0n) is 11.4. The molecule has 1 aromatic carbocycles. The van der Waals surface area contributed by atoms with Crippen molar-refractivity contribution in [3.63, 3.8) is 0 Å². The number of non-ortho nitro benzene ring substituents is 1. The molecule has 0 N–H and O–H groups in total. The Balaban J connectivity index is 2.17. The number of nitro groups is 1. The number of nitrogens with zero attached hydrogens (tertiary/aromatic N) is 3. The molecule has 2 aromatic rings. The first-order valence-corrected chi connectivity index (χ1v) is 6.38. The lowest BCUT2D eigenvalue weighted by Crippen LogP contribution is -2.05. The van der Waals surface area contributed by atoms with Gasteiger partial charge in [-0.1, -0.05) is 13.0 Å². The SMILES string of the molecule is CCc1nccnc1C(=O)/C=C/c1ccc([N+](=O)[O-])cc1. The minimum absolute atomic E-state index is 0.0145. The van der Waals surface area contributed by atoms with Gasteiger partial charge in [0, 0.05) is 24.5 Å². The second-order valence-electron chi connectivity index (χ2n) is 4.25. The molecule has 0 saturated heterocycles. The number of ketones is 1. The minimum atomic E-state index is -0.467. The lowest BCUT2D eigenvalue weighted by atomic mass is 10.1.